The van der Waals surface area contributed by atoms with E-state index < -0.39 is 0 Å². The van der Waals surface area contributed by atoms with Gasteiger partial charge in [0.05, 0.1) is 12.6 Å². The van der Waals surface area contributed by atoms with Crippen molar-refractivity contribution in [1.82, 2.24) is 10.3 Å². The fourth-order valence-corrected chi connectivity index (χ4v) is 2.92. The Morgan fingerprint density at radius 2 is 2.30 bits per heavy atom. The minimum Gasteiger partial charge on any atom is -0.383 e. The van der Waals surface area contributed by atoms with Gasteiger partial charge < -0.3 is 10.1 Å². The van der Waals surface area contributed by atoms with E-state index in [1.807, 2.05) is 12.3 Å². The molecular weight excluding hydrogens is 299 g/mol. The predicted octanol–water partition coefficient (Wildman–Crippen LogP) is 3.57. The minimum absolute atomic E-state index is 0.291. The second-order valence-electron chi connectivity index (χ2n) is 4.37. The van der Waals surface area contributed by atoms with E-state index in [1.165, 1.54) is 17.4 Å². The summed E-state index contributed by atoms with van der Waals surface area (Å²) in [5.74, 6) is -0.333. The number of methoxy groups -OCH3 is 1. The molecule has 2 rings (SSSR count). The molecule has 1 aromatic heterocycles. The fourth-order valence-electron chi connectivity index (χ4n) is 1.88. The van der Waals surface area contributed by atoms with E-state index in [4.69, 9.17) is 16.3 Å². The van der Waals surface area contributed by atoms with Gasteiger partial charge in [-0.3, -0.25) is 0 Å². The Labute approximate surface area is 126 Å². The van der Waals surface area contributed by atoms with Crippen LogP contribution in [0.3, 0.4) is 0 Å². The van der Waals surface area contributed by atoms with Gasteiger partial charge in [0.2, 0.25) is 0 Å². The number of aromatic nitrogens is 1. The van der Waals surface area contributed by atoms with E-state index >= 15 is 0 Å². The SMILES string of the molecule is COCCNC(c1nc(C)cs1)c1ccc(Cl)cc1F. The van der Waals surface area contributed by atoms with E-state index in [2.05, 4.69) is 10.3 Å². The van der Waals surface area contributed by atoms with Crippen LogP contribution in [0, 0.1) is 12.7 Å². The van der Waals surface area contributed by atoms with Crippen LogP contribution >= 0.6 is 22.9 Å². The third-order valence-electron chi connectivity index (χ3n) is 2.81. The molecular formula is C14H16ClFN2OS. The third-order valence-corrected chi connectivity index (χ3v) is 4.07. The lowest BCUT2D eigenvalue weighted by atomic mass is 10.1. The number of thiazole rings is 1. The van der Waals surface area contributed by atoms with E-state index in [-0.39, 0.29) is 11.9 Å². The highest BCUT2D eigenvalue weighted by Gasteiger charge is 2.20. The number of ether oxygens (including phenoxy) is 1. The number of rotatable bonds is 6. The standard InChI is InChI=1S/C14H16ClFN2OS/c1-9-8-20-14(18-9)13(17-5-6-19-2)11-4-3-10(15)7-12(11)16/h3-4,7-8,13,17H,5-6H2,1-2H3. The molecule has 1 aromatic carbocycles. The molecule has 1 unspecified atom stereocenters. The first-order valence-corrected chi connectivity index (χ1v) is 7.47. The summed E-state index contributed by atoms with van der Waals surface area (Å²) in [4.78, 5) is 4.45. The first-order chi connectivity index (χ1) is 9.61. The van der Waals surface area contributed by atoms with Crippen molar-refractivity contribution >= 4 is 22.9 Å². The van der Waals surface area contributed by atoms with Gasteiger partial charge in [0.1, 0.15) is 10.8 Å². The van der Waals surface area contributed by atoms with E-state index in [1.54, 1.807) is 19.2 Å². The summed E-state index contributed by atoms with van der Waals surface area (Å²) in [6.07, 6.45) is 0. The molecule has 0 amide bonds. The molecule has 1 atom stereocenters. The summed E-state index contributed by atoms with van der Waals surface area (Å²) in [6.45, 7) is 3.09. The maximum atomic E-state index is 14.1. The van der Waals surface area contributed by atoms with Crippen LogP contribution < -0.4 is 5.32 Å². The molecule has 108 valence electrons. The summed E-state index contributed by atoms with van der Waals surface area (Å²) >= 11 is 7.31. The smallest absolute Gasteiger partial charge is 0.129 e. The average Bonchev–Trinajstić information content (AvgIpc) is 2.82. The van der Waals surface area contributed by atoms with Crippen molar-refractivity contribution in [3.05, 3.63) is 50.7 Å². The molecule has 1 N–H and O–H groups in total. The monoisotopic (exact) mass is 314 g/mol. The van der Waals surface area contributed by atoms with Crippen LogP contribution in [0.25, 0.3) is 0 Å². The molecule has 0 aliphatic rings. The highest BCUT2D eigenvalue weighted by Crippen LogP contribution is 2.28. The number of hydrogen-bond acceptors (Lipinski definition) is 4. The summed E-state index contributed by atoms with van der Waals surface area (Å²) < 4.78 is 19.1. The van der Waals surface area contributed by atoms with Crippen molar-refractivity contribution in [2.24, 2.45) is 0 Å². The van der Waals surface area contributed by atoms with Crippen LogP contribution in [0.1, 0.15) is 22.3 Å². The molecule has 0 aliphatic heterocycles. The van der Waals surface area contributed by atoms with Crippen LogP contribution in [0.4, 0.5) is 4.39 Å². The van der Waals surface area contributed by atoms with Crippen LogP contribution in [0.5, 0.6) is 0 Å². The molecule has 0 spiro atoms. The van der Waals surface area contributed by atoms with Crippen molar-refractivity contribution < 1.29 is 9.13 Å². The van der Waals surface area contributed by atoms with Gasteiger partial charge in [0, 0.05) is 35.3 Å². The number of hydrogen-bond donors (Lipinski definition) is 1. The maximum Gasteiger partial charge on any atom is 0.129 e. The number of benzene rings is 1. The van der Waals surface area contributed by atoms with Crippen molar-refractivity contribution in [1.29, 1.82) is 0 Å². The summed E-state index contributed by atoms with van der Waals surface area (Å²) in [5.41, 5.74) is 1.47. The Morgan fingerprint density at radius 3 is 2.90 bits per heavy atom. The first-order valence-electron chi connectivity index (χ1n) is 6.21. The zero-order valence-electron chi connectivity index (χ0n) is 11.3. The molecule has 0 saturated carbocycles. The molecule has 20 heavy (non-hydrogen) atoms. The number of aryl methyl sites for hydroxylation is 1. The second kappa shape index (κ2) is 7.13. The van der Waals surface area contributed by atoms with Gasteiger partial charge in [-0.15, -0.1) is 11.3 Å². The van der Waals surface area contributed by atoms with Crippen LogP contribution in [-0.2, 0) is 4.74 Å². The number of halogens is 2. The molecule has 0 saturated heterocycles. The number of nitrogens with zero attached hydrogens (tertiary/aromatic N) is 1. The molecule has 0 bridgehead atoms. The minimum atomic E-state index is -0.333. The van der Waals surface area contributed by atoms with Crippen LogP contribution in [0.15, 0.2) is 23.6 Å². The number of nitrogens with one attached hydrogen (secondary N) is 1. The molecule has 0 aliphatic carbocycles. The fraction of sp³-hybridized carbons (Fsp3) is 0.357. The van der Waals surface area contributed by atoms with Crippen LogP contribution in [-0.4, -0.2) is 25.2 Å². The normalized spacial score (nSPS) is 12.6. The van der Waals surface area contributed by atoms with Gasteiger partial charge in [-0.1, -0.05) is 17.7 Å². The predicted molar refractivity (Wildman–Crippen MR) is 80.0 cm³/mol. The second-order valence-corrected chi connectivity index (χ2v) is 5.70. The van der Waals surface area contributed by atoms with E-state index in [0.29, 0.717) is 23.7 Å². The largest absolute Gasteiger partial charge is 0.383 e. The van der Waals surface area contributed by atoms with Gasteiger partial charge in [-0.05, 0) is 19.1 Å². The summed E-state index contributed by atoms with van der Waals surface area (Å²) in [5, 5.41) is 6.44. The molecule has 1 heterocycles. The molecule has 2 aromatic rings. The van der Waals surface area contributed by atoms with Gasteiger partial charge >= 0.3 is 0 Å². The Balaban J connectivity index is 2.30. The van der Waals surface area contributed by atoms with Crippen LogP contribution in [0.2, 0.25) is 5.02 Å². The first kappa shape index (κ1) is 15.4. The van der Waals surface area contributed by atoms with Crippen molar-refractivity contribution in [2.45, 2.75) is 13.0 Å². The van der Waals surface area contributed by atoms with Gasteiger partial charge in [0.15, 0.2) is 0 Å². The molecule has 6 heteroatoms. The van der Waals surface area contributed by atoms with Crippen molar-refractivity contribution in [3.63, 3.8) is 0 Å². The molecule has 0 fully saturated rings. The Hall–Kier alpha value is -1.01. The van der Waals surface area contributed by atoms with Gasteiger partial charge in [-0.25, -0.2) is 9.37 Å². The van der Waals surface area contributed by atoms with Crippen molar-refractivity contribution in [2.75, 3.05) is 20.3 Å². The average molecular weight is 315 g/mol. The lowest BCUT2D eigenvalue weighted by Gasteiger charge is -2.17. The molecule has 0 radical (unpaired) electrons. The Morgan fingerprint density at radius 1 is 1.50 bits per heavy atom. The van der Waals surface area contributed by atoms with E-state index in [0.717, 1.165) is 10.7 Å². The Kier molecular flexibility index (Phi) is 5.48. The van der Waals surface area contributed by atoms with Gasteiger partial charge in [-0.2, -0.15) is 0 Å². The highest BCUT2D eigenvalue weighted by atomic mass is 35.5. The maximum absolute atomic E-state index is 14.1. The quantitative estimate of drug-likeness (QED) is 0.828. The lowest BCUT2D eigenvalue weighted by Crippen LogP contribution is -2.26. The third kappa shape index (κ3) is 3.76. The molecule has 3 nitrogen and oxygen atoms in total. The van der Waals surface area contributed by atoms with Gasteiger partial charge in [0.25, 0.3) is 0 Å². The zero-order valence-corrected chi connectivity index (χ0v) is 12.9. The lowest BCUT2D eigenvalue weighted by molar-refractivity contribution is 0.197. The van der Waals surface area contributed by atoms with E-state index in [9.17, 15) is 4.39 Å². The summed E-state index contributed by atoms with van der Waals surface area (Å²) in [6, 6.07) is 4.41. The van der Waals surface area contributed by atoms with Crippen molar-refractivity contribution in [3.8, 4) is 0 Å². The Bertz CT molecular complexity index is 576. The highest BCUT2D eigenvalue weighted by molar-refractivity contribution is 7.09. The topological polar surface area (TPSA) is 34.1 Å². The zero-order chi connectivity index (χ0) is 14.5. The summed E-state index contributed by atoms with van der Waals surface area (Å²) in [7, 11) is 1.63.